The fourth-order valence-electron chi connectivity index (χ4n) is 2.60. The van der Waals surface area contributed by atoms with Crippen LogP contribution in [0.15, 0.2) is 6.20 Å². The molecule has 1 saturated heterocycles. The van der Waals surface area contributed by atoms with Crippen LogP contribution in [0.3, 0.4) is 0 Å². The van der Waals surface area contributed by atoms with Crippen LogP contribution >= 0.6 is 0 Å². The first-order valence-corrected chi connectivity index (χ1v) is 6.53. The highest BCUT2D eigenvalue weighted by atomic mass is 16.5. The number of rotatable bonds is 4. The number of nitrogens with one attached hydrogen (secondary N) is 1. The van der Waals surface area contributed by atoms with E-state index in [2.05, 4.69) is 24.3 Å². The molecule has 0 amide bonds. The van der Waals surface area contributed by atoms with Crippen molar-refractivity contribution in [1.82, 2.24) is 15.1 Å². The zero-order chi connectivity index (χ0) is 12.3. The molecular weight excluding hydrogens is 214 g/mol. The third-order valence-corrected chi connectivity index (χ3v) is 3.70. The minimum atomic E-state index is 0.383. The molecule has 0 aromatic carbocycles. The summed E-state index contributed by atoms with van der Waals surface area (Å²) in [5.41, 5.74) is 2.58. The summed E-state index contributed by atoms with van der Waals surface area (Å²) in [6.45, 7) is 7.06. The maximum Gasteiger partial charge on any atom is 0.0540 e. The molecule has 96 valence electrons. The fraction of sp³-hybridized carbons (Fsp3) is 0.769. The predicted octanol–water partition coefficient (Wildman–Crippen LogP) is 1.81. The Morgan fingerprint density at radius 3 is 3.00 bits per heavy atom. The van der Waals surface area contributed by atoms with Gasteiger partial charge in [0.05, 0.1) is 12.8 Å². The Kier molecular flexibility index (Phi) is 4.18. The monoisotopic (exact) mass is 237 g/mol. The molecule has 1 aliphatic heterocycles. The topological polar surface area (TPSA) is 39.1 Å². The summed E-state index contributed by atoms with van der Waals surface area (Å²) >= 11 is 0. The van der Waals surface area contributed by atoms with E-state index in [0.29, 0.717) is 12.0 Å². The van der Waals surface area contributed by atoms with Gasteiger partial charge in [-0.05, 0) is 26.3 Å². The number of ether oxygens (including phenoxy) is 1. The molecule has 0 bridgehead atoms. The van der Waals surface area contributed by atoms with Crippen molar-refractivity contribution in [3.8, 4) is 0 Å². The lowest BCUT2D eigenvalue weighted by atomic mass is 9.89. The lowest BCUT2D eigenvalue weighted by molar-refractivity contribution is 0.0392. The summed E-state index contributed by atoms with van der Waals surface area (Å²) in [7, 11) is 2.00. The molecule has 2 unspecified atom stereocenters. The van der Waals surface area contributed by atoms with Crippen LogP contribution in [-0.2, 0) is 11.8 Å². The molecular formula is C13H23N3O. The molecule has 1 aromatic heterocycles. The van der Waals surface area contributed by atoms with Crippen molar-refractivity contribution < 1.29 is 4.74 Å². The van der Waals surface area contributed by atoms with Crippen LogP contribution in [0.5, 0.6) is 0 Å². The van der Waals surface area contributed by atoms with Gasteiger partial charge in [0.1, 0.15) is 0 Å². The Morgan fingerprint density at radius 1 is 1.65 bits per heavy atom. The molecule has 1 fully saturated rings. The van der Waals surface area contributed by atoms with Gasteiger partial charge < -0.3 is 10.1 Å². The van der Waals surface area contributed by atoms with Crippen molar-refractivity contribution in [2.24, 2.45) is 13.0 Å². The molecule has 0 saturated carbocycles. The van der Waals surface area contributed by atoms with Gasteiger partial charge in [0, 0.05) is 36.9 Å². The van der Waals surface area contributed by atoms with E-state index in [0.717, 1.165) is 19.8 Å². The van der Waals surface area contributed by atoms with Crippen molar-refractivity contribution in [3.63, 3.8) is 0 Å². The molecule has 0 radical (unpaired) electrons. The van der Waals surface area contributed by atoms with E-state index in [1.807, 2.05) is 17.9 Å². The summed E-state index contributed by atoms with van der Waals surface area (Å²) in [6.07, 6.45) is 4.41. The van der Waals surface area contributed by atoms with Gasteiger partial charge in [0.25, 0.3) is 0 Å². The third-order valence-electron chi connectivity index (χ3n) is 3.70. The molecule has 2 atom stereocenters. The Balaban J connectivity index is 2.18. The Morgan fingerprint density at radius 2 is 2.47 bits per heavy atom. The molecule has 4 heteroatoms. The van der Waals surface area contributed by atoms with Gasteiger partial charge in [0.15, 0.2) is 0 Å². The number of nitrogens with zero attached hydrogens (tertiary/aromatic N) is 2. The molecule has 1 aliphatic rings. The van der Waals surface area contributed by atoms with E-state index in [-0.39, 0.29) is 0 Å². The van der Waals surface area contributed by atoms with E-state index in [1.165, 1.54) is 24.1 Å². The molecule has 0 aliphatic carbocycles. The highest BCUT2D eigenvalue weighted by Crippen LogP contribution is 2.30. The summed E-state index contributed by atoms with van der Waals surface area (Å²) in [5.74, 6) is 0.576. The summed E-state index contributed by atoms with van der Waals surface area (Å²) in [6, 6.07) is 0.383. The second kappa shape index (κ2) is 5.65. The summed E-state index contributed by atoms with van der Waals surface area (Å²) in [4.78, 5) is 0. The first-order valence-electron chi connectivity index (χ1n) is 6.53. The van der Waals surface area contributed by atoms with E-state index < -0.39 is 0 Å². The maximum absolute atomic E-state index is 5.61. The molecule has 2 rings (SSSR count). The van der Waals surface area contributed by atoms with Gasteiger partial charge >= 0.3 is 0 Å². The Labute approximate surface area is 103 Å². The molecule has 4 nitrogen and oxygen atoms in total. The fourth-order valence-corrected chi connectivity index (χ4v) is 2.60. The quantitative estimate of drug-likeness (QED) is 0.868. The molecule has 17 heavy (non-hydrogen) atoms. The highest BCUT2D eigenvalue weighted by Gasteiger charge is 2.27. The van der Waals surface area contributed by atoms with Crippen molar-refractivity contribution in [1.29, 1.82) is 0 Å². The standard InChI is InChI=1S/C13H23N3O/c1-4-14-13(11-6-5-7-17-9-11)12-8-15-16(3)10(12)2/h8,11,13-14H,4-7,9H2,1-3H3. The first kappa shape index (κ1) is 12.6. The average molecular weight is 237 g/mol. The Hall–Kier alpha value is -0.870. The minimum absolute atomic E-state index is 0.383. The molecule has 1 N–H and O–H groups in total. The normalized spacial score (nSPS) is 22.6. The second-order valence-electron chi connectivity index (χ2n) is 4.82. The van der Waals surface area contributed by atoms with E-state index in [9.17, 15) is 0 Å². The maximum atomic E-state index is 5.61. The highest BCUT2D eigenvalue weighted by molar-refractivity contribution is 5.21. The minimum Gasteiger partial charge on any atom is -0.381 e. The summed E-state index contributed by atoms with van der Waals surface area (Å²) < 4.78 is 7.56. The summed E-state index contributed by atoms with van der Waals surface area (Å²) in [5, 5.41) is 7.94. The van der Waals surface area contributed by atoms with Gasteiger partial charge in [-0.2, -0.15) is 5.10 Å². The largest absolute Gasteiger partial charge is 0.381 e. The zero-order valence-corrected chi connectivity index (χ0v) is 11.1. The first-order chi connectivity index (χ1) is 8.24. The second-order valence-corrected chi connectivity index (χ2v) is 4.82. The van der Waals surface area contributed by atoms with Crippen LogP contribution < -0.4 is 5.32 Å². The van der Waals surface area contributed by atoms with E-state index in [4.69, 9.17) is 4.74 Å². The van der Waals surface area contributed by atoms with Crippen LogP contribution in [0, 0.1) is 12.8 Å². The van der Waals surface area contributed by atoms with Gasteiger partial charge in [-0.25, -0.2) is 0 Å². The SMILES string of the molecule is CCNC(c1cnn(C)c1C)C1CCCOC1. The number of aromatic nitrogens is 2. The lowest BCUT2D eigenvalue weighted by Crippen LogP contribution is -2.33. The average Bonchev–Trinajstić information content (AvgIpc) is 2.69. The van der Waals surface area contributed by atoms with Gasteiger partial charge in [-0.3, -0.25) is 4.68 Å². The number of hydrogen-bond acceptors (Lipinski definition) is 3. The van der Waals surface area contributed by atoms with Crippen LogP contribution in [0.2, 0.25) is 0 Å². The molecule has 0 spiro atoms. The number of hydrogen-bond donors (Lipinski definition) is 1. The van der Waals surface area contributed by atoms with Gasteiger partial charge in [0.2, 0.25) is 0 Å². The smallest absolute Gasteiger partial charge is 0.0540 e. The van der Waals surface area contributed by atoms with Gasteiger partial charge in [-0.1, -0.05) is 6.92 Å². The number of aryl methyl sites for hydroxylation is 1. The van der Waals surface area contributed by atoms with E-state index in [1.54, 1.807) is 0 Å². The van der Waals surface area contributed by atoms with Crippen molar-refractivity contribution in [3.05, 3.63) is 17.5 Å². The van der Waals surface area contributed by atoms with E-state index >= 15 is 0 Å². The lowest BCUT2D eigenvalue weighted by Gasteiger charge is -2.30. The van der Waals surface area contributed by atoms with Crippen LogP contribution in [0.25, 0.3) is 0 Å². The van der Waals surface area contributed by atoms with Crippen molar-refractivity contribution in [2.75, 3.05) is 19.8 Å². The zero-order valence-electron chi connectivity index (χ0n) is 11.1. The van der Waals surface area contributed by atoms with Crippen LogP contribution in [0.4, 0.5) is 0 Å². The molecule has 2 heterocycles. The van der Waals surface area contributed by atoms with Crippen LogP contribution in [-0.4, -0.2) is 29.5 Å². The van der Waals surface area contributed by atoms with Crippen LogP contribution in [0.1, 0.15) is 37.1 Å². The van der Waals surface area contributed by atoms with Gasteiger partial charge in [-0.15, -0.1) is 0 Å². The Bertz CT molecular complexity index is 356. The van der Waals surface area contributed by atoms with Crippen molar-refractivity contribution in [2.45, 2.75) is 32.7 Å². The van der Waals surface area contributed by atoms with Crippen molar-refractivity contribution >= 4 is 0 Å². The third kappa shape index (κ3) is 2.69. The predicted molar refractivity (Wildman–Crippen MR) is 67.9 cm³/mol. The molecule has 1 aromatic rings.